The maximum Gasteiger partial charge on any atom is 0.263 e. The van der Waals surface area contributed by atoms with Crippen LogP contribution < -0.4 is 5.56 Å². The average molecular weight is 357 g/mol. The molecule has 4 rings (SSSR count). The lowest BCUT2D eigenvalue weighted by molar-refractivity contribution is 0.0608. The van der Waals surface area contributed by atoms with Crippen molar-refractivity contribution in [3.63, 3.8) is 0 Å². The third-order valence-electron chi connectivity index (χ3n) is 5.47. The summed E-state index contributed by atoms with van der Waals surface area (Å²) in [5.41, 5.74) is 2.43. The summed E-state index contributed by atoms with van der Waals surface area (Å²) < 4.78 is 1.70. The molecule has 1 amide bonds. The first-order chi connectivity index (χ1) is 12.2. The van der Waals surface area contributed by atoms with Crippen LogP contribution in [0.4, 0.5) is 0 Å². The predicted molar refractivity (Wildman–Crippen MR) is 98.1 cm³/mol. The topological polar surface area (TPSA) is 55.2 Å². The molecule has 0 aromatic carbocycles. The van der Waals surface area contributed by atoms with Crippen LogP contribution in [-0.4, -0.2) is 26.9 Å². The van der Waals surface area contributed by atoms with Gasteiger partial charge in [-0.25, -0.2) is 4.98 Å². The molecule has 2 aromatic heterocycles. The number of carbonyl (C=O) groups excluding carboxylic acids is 1. The molecule has 3 heterocycles. The van der Waals surface area contributed by atoms with Crippen LogP contribution in [0.5, 0.6) is 0 Å². The Bertz CT molecular complexity index is 841. The van der Waals surface area contributed by atoms with Crippen molar-refractivity contribution in [2.45, 2.75) is 51.0 Å². The van der Waals surface area contributed by atoms with Gasteiger partial charge < -0.3 is 9.47 Å². The number of thiazole rings is 1. The van der Waals surface area contributed by atoms with E-state index in [0.717, 1.165) is 55.6 Å². The van der Waals surface area contributed by atoms with Gasteiger partial charge in [0.05, 0.1) is 6.04 Å². The maximum absolute atomic E-state index is 13.3. The van der Waals surface area contributed by atoms with Gasteiger partial charge in [-0.15, -0.1) is 11.3 Å². The summed E-state index contributed by atoms with van der Waals surface area (Å²) in [7, 11) is 1.80. The minimum Gasteiger partial charge on any atom is -0.329 e. The van der Waals surface area contributed by atoms with Crippen LogP contribution in [0.3, 0.4) is 0 Å². The van der Waals surface area contributed by atoms with E-state index in [-0.39, 0.29) is 17.5 Å². The highest BCUT2D eigenvalue weighted by molar-refractivity contribution is 7.09. The Morgan fingerprint density at radius 2 is 2.08 bits per heavy atom. The Morgan fingerprint density at radius 3 is 2.88 bits per heavy atom. The second-order valence-corrected chi connectivity index (χ2v) is 7.91. The number of carbonyl (C=O) groups is 1. The standard InChI is InChI=1S/C19H23N3O2S/c1-21-15-7-3-2-6-13(15)12-14(18(21)23)19(24)22-10-5-4-8-16(22)17-20-9-11-25-17/h9,11-12,16H,2-8,10H2,1H3/t16-/m0/s1. The lowest BCUT2D eigenvalue weighted by atomic mass is 9.93. The van der Waals surface area contributed by atoms with E-state index in [0.29, 0.717) is 12.1 Å². The molecular formula is C19H23N3O2S. The minimum absolute atomic E-state index is 0.00184. The van der Waals surface area contributed by atoms with Crippen LogP contribution in [-0.2, 0) is 19.9 Å². The first-order valence-corrected chi connectivity index (χ1v) is 9.97. The highest BCUT2D eigenvalue weighted by Crippen LogP contribution is 2.33. The van der Waals surface area contributed by atoms with Gasteiger partial charge in [-0.2, -0.15) is 0 Å². The van der Waals surface area contributed by atoms with E-state index in [1.54, 1.807) is 29.1 Å². The van der Waals surface area contributed by atoms with Gasteiger partial charge in [0.2, 0.25) is 0 Å². The summed E-state index contributed by atoms with van der Waals surface area (Å²) in [6.07, 6.45) is 8.92. The van der Waals surface area contributed by atoms with Gasteiger partial charge in [0, 0.05) is 30.9 Å². The summed E-state index contributed by atoms with van der Waals surface area (Å²) in [5, 5.41) is 2.92. The minimum atomic E-state index is -0.158. The van der Waals surface area contributed by atoms with Crippen molar-refractivity contribution in [1.82, 2.24) is 14.5 Å². The van der Waals surface area contributed by atoms with E-state index in [9.17, 15) is 9.59 Å². The van der Waals surface area contributed by atoms with Crippen LogP contribution in [0.1, 0.15) is 64.8 Å². The molecular weight excluding hydrogens is 334 g/mol. The van der Waals surface area contributed by atoms with E-state index in [1.165, 1.54) is 5.56 Å². The summed E-state index contributed by atoms with van der Waals surface area (Å²) in [4.78, 5) is 32.4. The van der Waals surface area contributed by atoms with Gasteiger partial charge >= 0.3 is 0 Å². The van der Waals surface area contributed by atoms with Crippen LogP contribution in [0.2, 0.25) is 0 Å². The van der Waals surface area contributed by atoms with E-state index in [2.05, 4.69) is 4.98 Å². The van der Waals surface area contributed by atoms with Crippen LogP contribution in [0, 0.1) is 0 Å². The Hall–Kier alpha value is -1.95. The van der Waals surface area contributed by atoms with Crippen molar-refractivity contribution in [3.8, 4) is 0 Å². The first kappa shape index (κ1) is 16.5. The van der Waals surface area contributed by atoms with Gasteiger partial charge in [0.1, 0.15) is 10.6 Å². The molecule has 25 heavy (non-hydrogen) atoms. The SMILES string of the molecule is Cn1c2c(cc(C(=O)N3CCCC[C@H]3c3nccs3)c1=O)CCCC2. The first-order valence-electron chi connectivity index (χ1n) is 9.09. The van der Waals surface area contributed by atoms with Gasteiger partial charge in [0.25, 0.3) is 11.5 Å². The van der Waals surface area contributed by atoms with Crippen molar-refractivity contribution in [1.29, 1.82) is 0 Å². The second-order valence-electron chi connectivity index (χ2n) is 6.98. The lowest BCUT2D eigenvalue weighted by Gasteiger charge is -2.34. The second kappa shape index (κ2) is 6.75. The Labute approximate surface area is 151 Å². The highest BCUT2D eigenvalue weighted by atomic mass is 32.1. The van der Waals surface area contributed by atoms with Crippen molar-refractivity contribution in [2.24, 2.45) is 7.05 Å². The fourth-order valence-corrected chi connectivity index (χ4v) is 4.91. The number of hydrogen-bond acceptors (Lipinski definition) is 4. The number of pyridine rings is 1. The number of piperidine rings is 1. The molecule has 1 aliphatic heterocycles. The van der Waals surface area contributed by atoms with Gasteiger partial charge in [-0.1, -0.05) is 0 Å². The quantitative estimate of drug-likeness (QED) is 0.830. The summed E-state index contributed by atoms with van der Waals surface area (Å²) in [6.45, 7) is 0.698. The molecule has 0 bridgehead atoms. The molecule has 1 atom stereocenters. The molecule has 0 N–H and O–H groups in total. The molecule has 0 saturated carbocycles. The highest BCUT2D eigenvalue weighted by Gasteiger charge is 2.32. The van der Waals surface area contributed by atoms with Crippen LogP contribution >= 0.6 is 11.3 Å². The largest absolute Gasteiger partial charge is 0.329 e. The summed E-state index contributed by atoms with van der Waals surface area (Å²) >= 11 is 1.59. The molecule has 1 saturated heterocycles. The molecule has 132 valence electrons. The van der Waals surface area contributed by atoms with E-state index in [4.69, 9.17) is 0 Å². The lowest BCUT2D eigenvalue weighted by Crippen LogP contribution is -2.42. The van der Waals surface area contributed by atoms with Gasteiger partial charge in [-0.05, 0) is 56.6 Å². The monoisotopic (exact) mass is 357 g/mol. The predicted octanol–water partition coefficient (Wildman–Crippen LogP) is 3.09. The smallest absolute Gasteiger partial charge is 0.263 e. The maximum atomic E-state index is 13.3. The van der Waals surface area contributed by atoms with Crippen LogP contribution in [0.15, 0.2) is 22.4 Å². The van der Waals surface area contributed by atoms with Crippen LogP contribution in [0.25, 0.3) is 0 Å². The number of amides is 1. The van der Waals surface area contributed by atoms with Crippen molar-refractivity contribution < 1.29 is 4.79 Å². The number of nitrogens with zero attached hydrogens (tertiary/aromatic N) is 3. The fourth-order valence-electron chi connectivity index (χ4n) is 4.13. The fraction of sp³-hybridized carbons (Fsp3) is 0.526. The molecule has 0 spiro atoms. The zero-order chi connectivity index (χ0) is 17.4. The summed E-state index contributed by atoms with van der Waals surface area (Å²) in [6, 6.07) is 1.87. The Morgan fingerprint density at radius 1 is 1.24 bits per heavy atom. The third-order valence-corrected chi connectivity index (χ3v) is 6.35. The van der Waals surface area contributed by atoms with Crippen molar-refractivity contribution in [2.75, 3.05) is 6.54 Å². The zero-order valence-electron chi connectivity index (χ0n) is 14.5. The molecule has 6 heteroatoms. The van der Waals surface area contributed by atoms with E-state index in [1.807, 2.05) is 16.3 Å². The zero-order valence-corrected chi connectivity index (χ0v) is 15.3. The number of hydrogen-bond donors (Lipinski definition) is 0. The van der Waals surface area contributed by atoms with E-state index < -0.39 is 0 Å². The molecule has 2 aromatic rings. The molecule has 2 aliphatic rings. The molecule has 1 fully saturated rings. The summed E-state index contributed by atoms with van der Waals surface area (Å²) in [5.74, 6) is -0.131. The number of fused-ring (bicyclic) bond motifs is 1. The molecule has 1 aliphatic carbocycles. The molecule has 5 nitrogen and oxygen atoms in total. The third kappa shape index (κ3) is 2.92. The van der Waals surface area contributed by atoms with Crippen molar-refractivity contribution >= 4 is 17.2 Å². The Balaban J connectivity index is 1.72. The number of aromatic nitrogens is 2. The number of aryl methyl sites for hydroxylation is 1. The average Bonchev–Trinajstić information content (AvgIpc) is 3.19. The normalized spacial score (nSPS) is 20.4. The number of rotatable bonds is 2. The van der Waals surface area contributed by atoms with Gasteiger partial charge in [-0.3, -0.25) is 9.59 Å². The molecule has 0 unspecified atom stereocenters. The molecule has 0 radical (unpaired) electrons. The van der Waals surface area contributed by atoms with E-state index >= 15 is 0 Å². The number of likely N-dealkylation sites (tertiary alicyclic amines) is 1. The van der Waals surface area contributed by atoms with Gasteiger partial charge in [0.15, 0.2) is 0 Å². The Kier molecular flexibility index (Phi) is 4.46. The van der Waals surface area contributed by atoms with Crippen molar-refractivity contribution in [3.05, 3.63) is 49.8 Å².